The van der Waals surface area contributed by atoms with Crippen LogP contribution in [0.4, 0.5) is 126 Å². The second-order valence-electron chi connectivity index (χ2n) is 7.53. The topological polar surface area (TPSA) is 6.48 Å². The van der Waals surface area contributed by atoms with E-state index >= 15 is 0 Å². The van der Waals surface area contributed by atoms with Gasteiger partial charge in [0.1, 0.15) is 16.9 Å². The van der Waals surface area contributed by atoms with Crippen molar-refractivity contribution in [3.05, 3.63) is 22.3 Å². The molecule has 0 unspecified atom stereocenters. The van der Waals surface area contributed by atoms with Crippen molar-refractivity contribution in [1.82, 2.24) is 0 Å². The maximum Gasteiger partial charge on any atom is 0.460 e. The maximum atomic E-state index is 14.6. The molecule has 28 heteroatoms. The van der Waals surface area contributed by atoms with E-state index in [0.717, 1.165) is 0 Å². The van der Waals surface area contributed by atoms with Crippen LogP contribution in [0.15, 0.2) is 0 Å². The minimum atomic E-state index is -9.25. The molecule has 0 aliphatic carbocycles. The molecule has 1 aromatic carbocycles. The summed E-state index contributed by atoms with van der Waals surface area (Å²) in [5.41, 5.74) is -30.2. The molecule has 0 N–H and O–H groups in total. The molecule has 0 bridgehead atoms. The van der Waals surface area contributed by atoms with Crippen molar-refractivity contribution >= 4 is 11.4 Å². The Labute approximate surface area is 214 Å². The summed E-state index contributed by atoms with van der Waals surface area (Å²) in [5.74, 6) is -45.1. The minimum absolute atomic E-state index is 3.90. The van der Waals surface area contributed by atoms with Crippen molar-refractivity contribution in [3.63, 3.8) is 0 Å². The standard InChI is InChI=1S/C15F26N2/c16-7(17,11(27,28)12(29,30)13(31,32)14(33,34)15(35,36)37)1-2(8(18,19)20)5(42(38)39)4(10(24,25)26)6(43(40)41)3(1)9(21,22)23. The molecule has 43 heavy (non-hydrogen) atoms. The van der Waals surface area contributed by atoms with E-state index in [2.05, 4.69) is 0 Å². The average molecular weight is 702 g/mol. The molecule has 0 radical (unpaired) electrons. The van der Waals surface area contributed by atoms with Gasteiger partial charge in [-0.25, -0.2) is 0 Å². The number of hydrogen-bond donors (Lipinski definition) is 0. The summed E-state index contributed by atoms with van der Waals surface area (Å²) < 4.78 is 348. The van der Waals surface area contributed by atoms with E-state index in [0.29, 0.717) is 0 Å². The molecular formula is C15F26N2. The van der Waals surface area contributed by atoms with Crippen LogP contribution in [0.5, 0.6) is 0 Å². The Bertz CT molecular complexity index is 1150. The zero-order valence-corrected chi connectivity index (χ0v) is 18.2. The number of benzene rings is 1. The first-order valence-corrected chi connectivity index (χ1v) is 9.03. The lowest BCUT2D eigenvalue weighted by Gasteiger charge is -2.41. The molecule has 0 spiro atoms. The Kier molecular flexibility index (Phi) is 8.85. The summed E-state index contributed by atoms with van der Waals surface area (Å²) in [7, 11) is 0. The highest BCUT2D eigenvalue weighted by Crippen LogP contribution is 2.66. The first-order chi connectivity index (χ1) is 18.4. The zero-order valence-electron chi connectivity index (χ0n) is 18.2. The van der Waals surface area contributed by atoms with Gasteiger partial charge in [-0.05, 0) is 10.7 Å². The lowest BCUT2D eigenvalue weighted by molar-refractivity contribution is -0.442. The van der Waals surface area contributed by atoms with Crippen molar-refractivity contribution in [1.29, 1.82) is 0 Å². The van der Waals surface area contributed by atoms with Gasteiger partial charge in [-0.1, -0.05) is 17.9 Å². The van der Waals surface area contributed by atoms with Gasteiger partial charge in [0, 0.05) is 0 Å². The molecule has 0 aliphatic rings. The molecule has 0 aliphatic heterocycles. The van der Waals surface area contributed by atoms with Crippen LogP contribution in [-0.4, -0.2) is 29.9 Å². The fraction of sp³-hybridized carbons (Fsp3) is 0.600. The van der Waals surface area contributed by atoms with E-state index in [1.165, 1.54) is 0 Å². The molecule has 2 nitrogen and oxygen atoms in total. The SMILES string of the molecule is FN(F)c1c(C(F)(F)F)c(N(F)F)c(C(F)(F)F)c(C(F)(F)C(F)(F)C(F)(F)C(F)(F)C(F)(F)C(F)(F)F)c1C(F)(F)F. The predicted octanol–water partition coefficient (Wildman–Crippen LogP) is 10.1. The molecule has 0 atom stereocenters. The second kappa shape index (κ2) is 10.0. The maximum absolute atomic E-state index is 14.6. The molecular weight excluding hydrogens is 702 g/mol. The molecule has 0 aromatic heterocycles. The molecule has 0 heterocycles. The van der Waals surface area contributed by atoms with Crippen LogP contribution >= 0.6 is 0 Å². The van der Waals surface area contributed by atoms with Crippen LogP contribution in [0.25, 0.3) is 0 Å². The Morgan fingerprint density at radius 2 is 0.558 bits per heavy atom. The number of rotatable bonds is 7. The third kappa shape index (κ3) is 5.56. The Hall–Kier alpha value is -3.00. The molecule has 252 valence electrons. The summed E-state index contributed by atoms with van der Waals surface area (Å²) in [6, 6.07) is 0. The second-order valence-corrected chi connectivity index (χ2v) is 7.53. The molecule has 0 saturated carbocycles. The van der Waals surface area contributed by atoms with E-state index < -0.39 is 98.6 Å². The predicted molar refractivity (Wildman–Crippen MR) is 80.6 cm³/mol. The van der Waals surface area contributed by atoms with Crippen molar-refractivity contribution in [2.45, 2.75) is 54.3 Å². The zero-order chi connectivity index (χ0) is 35.1. The van der Waals surface area contributed by atoms with Gasteiger partial charge in [0.2, 0.25) is 0 Å². The van der Waals surface area contributed by atoms with E-state index in [9.17, 15) is 115 Å². The van der Waals surface area contributed by atoms with E-state index in [4.69, 9.17) is 0 Å². The minimum Gasteiger partial charge on any atom is -0.194 e. The van der Waals surface area contributed by atoms with Gasteiger partial charge in [0.15, 0.2) is 0 Å². The van der Waals surface area contributed by atoms with Gasteiger partial charge in [-0.15, -0.1) is 0 Å². The summed E-state index contributed by atoms with van der Waals surface area (Å²) in [6.07, 6.45) is -31.3. The average Bonchev–Trinajstić information content (AvgIpc) is 2.73. The fourth-order valence-corrected chi connectivity index (χ4v) is 3.12. The number of anilines is 2. The van der Waals surface area contributed by atoms with Crippen LogP contribution in [-0.2, 0) is 24.5 Å². The van der Waals surface area contributed by atoms with Crippen molar-refractivity contribution in [2.75, 3.05) is 10.7 Å². The smallest absolute Gasteiger partial charge is 0.194 e. The summed E-state index contributed by atoms with van der Waals surface area (Å²) in [4.78, 5) is 0. The van der Waals surface area contributed by atoms with Gasteiger partial charge in [0.25, 0.3) is 0 Å². The number of nitrogens with zero attached hydrogens (tertiary/aromatic N) is 2. The van der Waals surface area contributed by atoms with Crippen LogP contribution in [0.1, 0.15) is 22.3 Å². The van der Waals surface area contributed by atoms with Crippen molar-refractivity contribution in [3.8, 4) is 0 Å². The summed E-state index contributed by atoms with van der Waals surface area (Å²) in [5, 5.41) is -7.80. The van der Waals surface area contributed by atoms with E-state index in [1.54, 1.807) is 0 Å². The highest BCUT2D eigenvalue weighted by molar-refractivity contribution is 5.78. The molecule has 1 aromatic rings. The number of alkyl halides is 22. The molecule has 0 amide bonds. The van der Waals surface area contributed by atoms with E-state index in [-0.39, 0.29) is 0 Å². The Morgan fingerprint density at radius 1 is 0.302 bits per heavy atom. The van der Waals surface area contributed by atoms with Crippen LogP contribution < -0.4 is 10.7 Å². The van der Waals surface area contributed by atoms with Gasteiger partial charge in [-0.2, -0.15) is 96.6 Å². The highest BCUT2D eigenvalue weighted by atomic mass is 19.4. The lowest BCUT2D eigenvalue weighted by Crippen LogP contribution is -2.69. The Morgan fingerprint density at radius 3 is 0.767 bits per heavy atom. The first kappa shape index (κ1) is 38.0. The Balaban J connectivity index is 4.82. The normalized spacial score (nSPS) is 15.2. The summed E-state index contributed by atoms with van der Waals surface area (Å²) in [6.45, 7) is 0. The third-order valence-electron chi connectivity index (χ3n) is 4.88. The van der Waals surface area contributed by atoms with Crippen LogP contribution in [0.3, 0.4) is 0 Å². The largest absolute Gasteiger partial charge is 0.460 e. The monoisotopic (exact) mass is 702 g/mol. The van der Waals surface area contributed by atoms with Crippen LogP contribution in [0.2, 0.25) is 0 Å². The van der Waals surface area contributed by atoms with Crippen molar-refractivity contribution < 1.29 is 115 Å². The van der Waals surface area contributed by atoms with Gasteiger partial charge in [-0.3, -0.25) is 0 Å². The van der Waals surface area contributed by atoms with E-state index in [1.807, 2.05) is 0 Å². The lowest BCUT2D eigenvalue weighted by atomic mass is 9.83. The van der Waals surface area contributed by atoms with Gasteiger partial charge < -0.3 is 0 Å². The highest BCUT2D eigenvalue weighted by Gasteiger charge is 2.91. The van der Waals surface area contributed by atoms with Crippen molar-refractivity contribution in [2.24, 2.45) is 0 Å². The fourth-order valence-electron chi connectivity index (χ4n) is 3.12. The molecule has 1 rings (SSSR count). The quantitative estimate of drug-likeness (QED) is 0.206. The van der Waals surface area contributed by atoms with Crippen LogP contribution in [0, 0.1) is 0 Å². The molecule has 0 fully saturated rings. The number of halogens is 26. The number of hydrogen-bond acceptors (Lipinski definition) is 2. The molecule has 0 saturated heterocycles. The summed E-state index contributed by atoms with van der Waals surface area (Å²) >= 11 is 0. The van der Waals surface area contributed by atoms with Gasteiger partial charge in [0.05, 0.1) is 16.7 Å². The van der Waals surface area contributed by atoms with Gasteiger partial charge >= 0.3 is 54.3 Å². The first-order valence-electron chi connectivity index (χ1n) is 9.03. The third-order valence-corrected chi connectivity index (χ3v) is 4.88.